The summed E-state index contributed by atoms with van der Waals surface area (Å²) in [6.07, 6.45) is 1.51. The fourth-order valence-electron chi connectivity index (χ4n) is 2.43. The molecule has 1 aliphatic rings. The van der Waals surface area contributed by atoms with Crippen LogP contribution < -0.4 is 5.73 Å². The normalized spacial score (nSPS) is 16.3. The second kappa shape index (κ2) is 8.03. The molecule has 1 aromatic carbocycles. The number of benzene rings is 1. The third kappa shape index (κ3) is 4.22. The van der Waals surface area contributed by atoms with Gasteiger partial charge in [-0.3, -0.25) is 4.79 Å². The van der Waals surface area contributed by atoms with E-state index < -0.39 is 6.10 Å². The lowest BCUT2D eigenvalue weighted by Gasteiger charge is -2.04. The predicted octanol–water partition coefficient (Wildman–Crippen LogP) is 2.06. The molecule has 4 rings (SSSR count). The van der Waals surface area contributed by atoms with E-state index in [1.54, 1.807) is 30.6 Å². The van der Waals surface area contributed by atoms with Crippen LogP contribution in [0.1, 0.15) is 6.42 Å². The first-order valence-electron chi connectivity index (χ1n) is 8.07. The summed E-state index contributed by atoms with van der Waals surface area (Å²) in [5.74, 6) is 0.117. The van der Waals surface area contributed by atoms with Gasteiger partial charge >= 0.3 is 0 Å². The molecule has 1 atom stereocenters. The van der Waals surface area contributed by atoms with Gasteiger partial charge in [0.2, 0.25) is 5.95 Å². The number of aliphatic hydroxyl groups is 1. The zero-order chi connectivity index (χ0) is 18.5. The number of anilines is 1. The highest BCUT2D eigenvalue weighted by Crippen LogP contribution is 2.27. The Bertz CT molecular complexity index is 872. The number of nitrogens with zero attached hydrogens (tertiary/aromatic N) is 4. The summed E-state index contributed by atoms with van der Waals surface area (Å²) in [7, 11) is 1.69. The van der Waals surface area contributed by atoms with Crippen LogP contribution in [0, 0.1) is 0 Å². The maximum Gasteiger partial charge on any atom is 0.251 e. The fourth-order valence-corrected chi connectivity index (χ4v) is 3.25. The number of likely N-dealkylation sites (tertiary alicyclic amines) is 1. The van der Waals surface area contributed by atoms with Gasteiger partial charge in [0.1, 0.15) is 16.8 Å². The van der Waals surface area contributed by atoms with Gasteiger partial charge < -0.3 is 15.7 Å². The summed E-state index contributed by atoms with van der Waals surface area (Å²) < 4.78 is 0. The van der Waals surface area contributed by atoms with Crippen molar-refractivity contribution in [3.63, 3.8) is 0 Å². The molecule has 1 saturated heterocycles. The van der Waals surface area contributed by atoms with Crippen LogP contribution in [0.5, 0.6) is 0 Å². The number of hydrogen-bond donors (Lipinski definition) is 2. The Morgan fingerprint density at radius 2 is 1.96 bits per heavy atom. The molecular weight excluding hydrogens is 350 g/mol. The quantitative estimate of drug-likeness (QED) is 0.716. The molecule has 1 amide bonds. The molecule has 0 spiro atoms. The Balaban J connectivity index is 0.000000206. The van der Waals surface area contributed by atoms with E-state index in [0.717, 1.165) is 22.0 Å². The molecule has 2 aromatic heterocycles. The zero-order valence-electron chi connectivity index (χ0n) is 14.2. The first-order valence-corrected chi connectivity index (χ1v) is 8.95. The maximum absolute atomic E-state index is 10.6. The molecule has 0 aliphatic carbocycles. The van der Waals surface area contributed by atoms with Crippen molar-refractivity contribution in [2.45, 2.75) is 12.5 Å². The number of aromatic nitrogens is 3. The average Bonchev–Trinajstić information content (AvgIpc) is 3.26. The Hall–Kier alpha value is -2.84. The van der Waals surface area contributed by atoms with Crippen molar-refractivity contribution in [3.8, 4) is 22.0 Å². The molecule has 1 unspecified atom stereocenters. The number of aliphatic hydroxyl groups excluding tert-OH is 1. The number of likely N-dealkylation sites (N-methyl/N-ethyl adjacent to an activating group) is 1. The lowest BCUT2D eigenvalue weighted by atomic mass is 10.2. The summed E-state index contributed by atoms with van der Waals surface area (Å²) in [6.45, 7) is 0.694. The smallest absolute Gasteiger partial charge is 0.251 e. The minimum Gasteiger partial charge on any atom is -0.383 e. The Morgan fingerprint density at radius 3 is 2.54 bits per heavy atom. The van der Waals surface area contributed by atoms with Crippen molar-refractivity contribution in [1.82, 2.24) is 19.9 Å². The van der Waals surface area contributed by atoms with Crippen LogP contribution in [0.4, 0.5) is 5.95 Å². The first-order chi connectivity index (χ1) is 12.5. The molecule has 3 N–H and O–H groups in total. The third-order valence-corrected chi connectivity index (χ3v) is 4.75. The van der Waals surface area contributed by atoms with Crippen LogP contribution in [0.15, 0.2) is 48.0 Å². The fraction of sp³-hybridized carbons (Fsp3) is 0.222. The van der Waals surface area contributed by atoms with E-state index in [9.17, 15) is 4.79 Å². The molecule has 134 valence electrons. The highest BCUT2D eigenvalue weighted by atomic mass is 32.1. The van der Waals surface area contributed by atoms with Gasteiger partial charge in [-0.1, -0.05) is 30.3 Å². The second-order valence-electron chi connectivity index (χ2n) is 5.77. The van der Waals surface area contributed by atoms with Crippen LogP contribution in [-0.4, -0.2) is 50.6 Å². The highest BCUT2D eigenvalue weighted by Gasteiger charge is 2.25. The molecule has 1 aliphatic heterocycles. The van der Waals surface area contributed by atoms with E-state index >= 15 is 0 Å². The molecule has 26 heavy (non-hydrogen) atoms. The van der Waals surface area contributed by atoms with Gasteiger partial charge in [0.15, 0.2) is 0 Å². The van der Waals surface area contributed by atoms with Crippen LogP contribution in [0.2, 0.25) is 0 Å². The zero-order valence-corrected chi connectivity index (χ0v) is 15.1. The molecule has 7 nitrogen and oxygen atoms in total. The summed E-state index contributed by atoms with van der Waals surface area (Å²) in [5.41, 5.74) is 8.25. The van der Waals surface area contributed by atoms with Crippen LogP contribution >= 0.6 is 11.3 Å². The topological polar surface area (TPSA) is 105 Å². The average molecular weight is 369 g/mol. The monoisotopic (exact) mass is 369 g/mol. The molecule has 3 aromatic rings. The Kier molecular flexibility index (Phi) is 5.55. The number of nitrogens with two attached hydrogens (primary N) is 1. The SMILES string of the molecule is CN1CCC(O)C1=O.Nc1nccc(-c2csc(-c3ccccc3)n2)n1. The highest BCUT2D eigenvalue weighted by molar-refractivity contribution is 7.13. The van der Waals surface area contributed by atoms with Crippen molar-refractivity contribution in [2.75, 3.05) is 19.3 Å². The first kappa shape index (κ1) is 18.0. The second-order valence-corrected chi connectivity index (χ2v) is 6.63. The van der Waals surface area contributed by atoms with Gasteiger partial charge in [-0.15, -0.1) is 11.3 Å². The predicted molar refractivity (Wildman–Crippen MR) is 101 cm³/mol. The maximum atomic E-state index is 10.6. The number of carbonyl (C=O) groups excluding carboxylic acids is 1. The van der Waals surface area contributed by atoms with E-state index in [1.165, 1.54) is 4.90 Å². The number of amides is 1. The van der Waals surface area contributed by atoms with E-state index in [-0.39, 0.29) is 11.9 Å². The summed E-state index contributed by atoms with van der Waals surface area (Å²) in [5, 5.41) is 11.7. The molecule has 0 radical (unpaired) electrons. The van der Waals surface area contributed by atoms with Gasteiger partial charge in [0, 0.05) is 30.7 Å². The van der Waals surface area contributed by atoms with Gasteiger partial charge in [-0.05, 0) is 12.5 Å². The molecule has 0 saturated carbocycles. The Morgan fingerprint density at radius 1 is 1.19 bits per heavy atom. The number of carbonyl (C=O) groups is 1. The molecule has 1 fully saturated rings. The molecule has 0 bridgehead atoms. The summed E-state index contributed by atoms with van der Waals surface area (Å²) in [6, 6.07) is 11.9. The lowest BCUT2D eigenvalue weighted by Crippen LogP contribution is -2.24. The van der Waals surface area contributed by atoms with Crippen molar-refractivity contribution in [2.24, 2.45) is 0 Å². The van der Waals surface area contributed by atoms with Crippen molar-refractivity contribution < 1.29 is 9.90 Å². The number of nitrogen functional groups attached to an aromatic ring is 1. The van der Waals surface area contributed by atoms with Crippen molar-refractivity contribution in [3.05, 3.63) is 48.0 Å². The van der Waals surface area contributed by atoms with Crippen LogP contribution in [0.3, 0.4) is 0 Å². The van der Waals surface area contributed by atoms with Gasteiger partial charge in [-0.2, -0.15) is 0 Å². The van der Waals surface area contributed by atoms with Crippen LogP contribution in [-0.2, 0) is 4.79 Å². The van der Waals surface area contributed by atoms with Gasteiger partial charge in [0.05, 0.1) is 5.69 Å². The van der Waals surface area contributed by atoms with Crippen molar-refractivity contribution in [1.29, 1.82) is 0 Å². The van der Waals surface area contributed by atoms with Gasteiger partial charge in [-0.25, -0.2) is 15.0 Å². The summed E-state index contributed by atoms with van der Waals surface area (Å²) >= 11 is 1.59. The van der Waals surface area contributed by atoms with Crippen LogP contribution in [0.25, 0.3) is 22.0 Å². The van der Waals surface area contributed by atoms with Gasteiger partial charge in [0.25, 0.3) is 5.91 Å². The van der Waals surface area contributed by atoms with E-state index in [0.29, 0.717) is 13.0 Å². The number of hydrogen-bond acceptors (Lipinski definition) is 7. The number of thiazole rings is 1. The molecule has 8 heteroatoms. The summed E-state index contributed by atoms with van der Waals surface area (Å²) in [4.78, 5) is 24.7. The third-order valence-electron chi connectivity index (χ3n) is 3.86. The minimum atomic E-state index is -0.722. The number of rotatable bonds is 2. The minimum absolute atomic E-state index is 0.148. The van der Waals surface area contributed by atoms with Crippen molar-refractivity contribution >= 4 is 23.2 Å². The Labute approximate surface area is 155 Å². The molecule has 3 heterocycles. The van der Waals surface area contributed by atoms with E-state index in [2.05, 4.69) is 15.0 Å². The van der Waals surface area contributed by atoms with E-state index in [4.69, 9.17) is 10.8 Å². The van der Waals surface area contributed by atoms with E-state index in [1.807, 2.05) is 35.7 Å². The lowest BCUT2D eigenvalue weighted by molar-refractivity contribution is -0.133. The standard InChI is InChI=1S/C13H10N4S.C5H9NO2/c14-13-15-7-6-10(17-13)11-8-18-12(16-11)9-4-2-1-3-5-9;1-6-3-2-4(7)5(6)8/h1-8H,(H2,14,15,17);4,7H,2-3H2,1H3. The molecular formula is C18H19N5O2S. The largest absolute Gasteiger partial charge is 0.383 e.